The van der Waals surface area contributed by atoms with E-state index in [1.807, 2.05) is 6.92 Å². The molecule has 4 N–H and O–H groups in total. The third kappa shape index (κ3) is 4.38. The molecule has 0 aliphatic carbocycles. The van der Waals surface area contributed by atoms with E-state index in [1.165, 1.54) is 6.20 Å². The molecule has 0 radical (unpaired) electrons. The van der Waals surface area contributed by atoms with E-state index in [0.717, 1.165) is 5.56 Å². The number of aromatic nitrogens is 2. The number of nitrogens with two attached hydrogens (primary N) is 1. The monoisotopic (exact) mass is 406 g/mol. The van der Waals surface area contributed by atoms with Gasteiger partial charge < -0.3 is 15.5 Å². The predicted octanol–water partition coefficient (Wildman–Crippen LogP) is 3.33. The van der Waals surface area contributed by atoms with Gasteiger partial charge in [0.05, 0.1) is 17.4 Å². The van der Waals surface area contributed by atoms with Crippen molar-refractivity contribution in [2.45, 2.75) is 27.2 Å². The number of benzene rings is 1. The highest BCUT2D eigenvalue weighted by Gasteiger charge is 2.15. The lowest BCUT2D eigenvalue weighted by atomic mass is 10.0. The number of aromatic amines is 1. The van der Waals surface area contributed by atoms with Gasteiger partial charge in [-0.1, -0.05) is 19.1 Å². The summed E-state index contributed by atoms with van der Waals surface area (Å²) < 4.78 is 5.34. The summed E-state index contributed by atoms with van der Waals surface area (Å²) in [6.45, 7) is 5.41. The number of anilines is 1. The minimum absolute atomic E-state index is 0.123. The fraction of sp³-hybridized carbons (Fsp3) is 0.182. The number of carbonyl (C=O) groups is 2. The van der Waals surface area contributed by atoms with Crippen LogP contribution in [0.4, 0.5) is 10.5 Å². The number of nitrogens with zero attached hydrogens (tertiary/aromatic N) is 1. The summed E-state index contributed by atoms with van der Waals surface area (Å²) >= 11 is 0. The van der Waals surface area contributed by atoms with Gasteiger partial charge in [-0.15, -0.1) is 0 Å². The minimum Gasteiger partial charge on any atom is -0.408 e. The zero-order valence-corrected chi connectivity index (χ0v) is 16.9. The highest BCUT2D eigenvalue weighted by atomic mass is 16.6. The first-order chi connectivity index (χ1) is 14.3. The normalized spacial score (nSPS) is 10.5. The number of ether oxygens (including phenoxy) is 1. The van der Waals surface area contributed by atoms with Crippen LogP contribution in [0, 0.1) is 13.8 Å². The van der Waals surface area contributed by atoms with Gasteiger partial charge in [-0.2, -0.15) is 0 Å². The summed E-state index contributed by atoms with van der Waals surface area (Å²) in [6.07, 6.45) is 2.83. The van der Waals surface area contributed by atoms with Crippen molar-refractivity contribution < 1.29 is 14.3 Å². The Morgan fingerprint density at radius 2 is 1.97 bits per heavy atom. The van der Waals surface area contributed by atoms with E-state index in [4.69, 9.17) is 10.5 Å². The number of H-pyrrole nitrogens is 1. The molecule has 3 aromatic rings. The Kier molecular flexibility index (Phi) is 5.96. The smallest absolute Gasteiger partial charge is 0.408 e. The van der Waals surface area contributed by atoms with Crippen molar-refractivity contribution in [3.8, 4) is 16.9 Å². The second-order valence-corrected chi connectivity index (χ2v) is 6.80. The Bertz CT molecular complexity index is 1180. The number of rotatable bonds is 5. The van der Waals surface area contributed by atoms with E-state index in [1.54, 1.807) is 50.4 Å². The number of amides is 2. The number of hydrogen-bond acceptors (Lipinski definition) is 5. The SMILES string of the molecule is CCc1cc(-c2cncc(OC(=O)Nc3cccc(C)c3C(N)=O)c2)c(C)[nH]c1=O. The van der Waals surface area contributed by atoms with Crippen LogP contribution in [0.25, 0.3) is 11.1 Å². The maximum absolute atomic E-state index is 12.4. The van der Waals surface area contributed by atoms with E-state index in [-0.39, 0.29) is 22.6 Å². The van der Waals surface area contributed by atoms with Crippen molar-refractivity contribution in [2.24, 2.45) is 5.73 Å². The molecule has 0 unspecified atom stereocenters. The van der Waals surface area contributed by atoms with Gasteiger partial charge >= 0.3 is 6.09 Å². The van der Waals surface area contributed by atoms with Crippen LogP contribution in [0.3, 0.4) is 0 Å². The summed E-state index contributed by atoms with van der Waals surface area (Å²) in [6, 6.07) is 8.45. The lowest BCUT2D eigenvalue weighted by molar-refractivity contribution is 0.100. The molecule has 0 spiro atoms. The maximum atomic E-state index is 12.4. The lowest BCUT2D eigenvalue weighted by Gasteiger charge is -2.12. The van der Waals surface area contributed by atoms with Crippen LogP contribution in [-0.2, 0) is 6.42 Å². The minimum atomic E-state index is -0.783. The zero-order valence-electron chi connectivity index (χ0n) is 16.9. The average Bonchev–Trinajstić information content (AvgIpc) is 2.68. The van der Waals surface area contributed by atoms with Crippen LogP contribution in [0.5, 0.6) is 5.75 Å². The maximum Gasteiger partial charge on any atom is 0.417 e. The van der Waals surface area contributed by atoms with Crippen LogP contribution in [0.15, 0.2) is 47.5 Å². The average molecular weight is 406 g/mol. The molecule has 0 aliphatic rings. The summed E-state index contributed by atoms with van der Waals surface area (Å²) in [5, 5.41) is 2.54. The molecule has 1 aromatic carbocycles. The number of carbonyl (C=O) groups excluding carboxylic acids is 2. The van der Waals surface area contributed by atoms with Gasteiger partial charge in [-0.05, 0) is 44.0 Å². The lowest BCUT2D eigenvalue weighted by Crippen LogP contribution is -2.21. The number of nitrogens with one attached hydrogen (secondary N) is 2. The van der Waals surface area contributed by atoms with Crippen molar-refractivity contribution in [2.75, 3.05) is 5.32 Å². The van der Waals surface area contributed by atoms with Gasteiger partial charge in [0.25, 0.3) is 11.5 Å². The van der Waals surface area contributed by atoms with Crippen LogP contribution < -0.4 is 21.3 Å². The molecule has 0 bridgehead atoms. The van der Waals surface area contributed by atoms with Crippen LogP contribution >= 0.6 is 0 Å². The molecule has 2 amide bonds. The van der Waals surface area contributed by atoms with Gasteiger partial charge in [-0.25, -0.2) is 4.79 Å². The second kappa shape index (κ2) is 8.60. The third-order valence-corrected chi connectivity index (χ3v) is 4.69. The number of aryl methyl sites for hydroxylation is 3. The second-order valence-electron chi connectivity index (χ2n) is 6.80. The molecule has 8 nitrogen and oxygen atoms in total. The van der Waals surface area contributed by atoms with Crippen LogP contribution in [-0.4, -0.2) is 22.0 Å². The molecule has 0 atom stereocenters. The highest BCUT2D eigenvalue weighted by molar-refractivity contribution is 6.03. The summed E-state index contributed by atoms with van der Waals surface area (Å²) in [4.78, 5) is 43.0. The standard InChI is InChI=1S/C22H22N4O4/c1-4-14-9-17(13(3)25-21(14)28)15-8-16(11-24-10-15)30-22(29)26-18-7-5-6-12(2)19(18)20(23)27/h5-11H,4H2,1-3H3,(H2,23,27)(H,25,28)(H,26,29). The Balaban J connectivity index is 1.85. The third-order valence-electron chi connectivity index (χ3n) is 4.69. The molecule has 0 aliphatic heterocycles. The largest absolute Gasteiger partial charge is 0.417 e. The zero-order chi connectivity index (χ0) is 21.8. The van der Waals surface area contributed by atoms with Gasteiger partial charge in [-0.3, -0.25) is 19.9 Å². The molecular formula is C22H22N4O4. The highest BCUT2D eigenvalue weighted by Crippen LogP contribution is 2.25. The van der Waals surface area contributed by atoms with E-state index in [2.05, 4.69) is 15.3 Å². The fourth-order valence-electron chi connectivity index (χ4n) is 3.19. The first kappa shape index (κ1) is 20.8. The van der Waals surface area contributed by atoms with Crippen molar-refractivity contribution in [3.63, 3.8) is 0 Å². The quantitative estimate of drug-likeness (QED) is 0.599. The van der Waals surface area contributed by atoms with Crippen molar-refractivity contribution in [1.29, 1.82) is 0 Å². The molecule has 2 aromatic heterocycles. The van der Waals surface area contributed by atoms with Gasteiger partial charge in [0.2, 0.25) is 0 Å². The molecular weight excluding hydrogens is 384 g/mol. The van der Waals surface area contributed by atoms with Gasteiger partial charge in [0.1, 0.15) is 0 Å². The molecule has 0 fully saturated rings. The van der Waals surface area contributed by atoms with E-state index >= 15 is 0 Å². The molecule has 0 saturated carbocycles. The van der Waals surface area contributed by atoms with E-state index in [9.17, 15) is 14.4 Å². The van der Waals surface area contributed by atoms with E-state index in [0.29, 0.717) is 28.8 Å². The van der Waals surface area contributed by atoms with Crippen LogP contribution in [0.1, 0.15) is 34.1 Å². The fourth-order valence-corrected chi connectivity index (χ4v) is 3.19. The number of primary amides is 1. The number of pyridine rings is 2. The molecule has 0 saturated heterocycles. The first-order valence-electron chi connectivity index (χ1n) is 9.36. The summed E-state index contributed by atoms with van der Waals surface area (Å²) in [7, 11) is 0. The Hall–Kier alpha value is -3.94. The Labute approximate surface area is 173 Å². The molecule has 2 heterocycles. The topological polar surface area (TPSA) is 127 Å². The first-order valence-corrected chi connectivity index (χ1v) is 9.36. The Morgan fingerprint density at radius 1 is 1.20 bits per heavy atom. The van der Waals surface area contributed by atoms with Gasteiger partial charge in [0, 0.05) is 28.6 Å². The van der Waals surface area contributed by atoms with Crippen LogP contribution in [0.2, 0.25) is 0 Å². The predicted molar refractivity (Wildman–Crippen MR) is 114 cm³/mol. The molecule has 3 rings (SSSR count). The summed E-state index contributed by atoms with van der Waals surface area (Å²) in [5.41, 5.74) is 9.23. The molecule has 30 heavy (non-hydrogen) atoms. The van der Waals surface area contributed by atoms with Crippen molar-refractivity contribution in [3.05, 3.63) is 75.5 Å². The summed E-state index contributed by atoms with van der Waals surface area (Å²) in [5.74, 6) is -0.436. The van der Waals surface area contributed by atoms with Crippen molar-refractivity contribution >= 4 is 17.7 Å². The molecule has 154 valence electrons. The van der Waals surface area contributed by atoms with Crippen molar-refractivity contribution in [1.82, 2.24) is 9.97 Å². The molecule has 8 heteroatoms. The van der Waals surface area contributed by atoms with Gasteiger partial charge in [0.15, 0.2) is 5.75 Å². The number of hydrogen-bond donors (Lipinski definition) is 3. The Morgan fingerprint density at radius 3 is 2.67 bits per heavy atom. The van der Waals surface area contributed by atoms with E-state index < -0.39 is 12.0 Å².